The lowest BCUT2D eigenvalue weighted by Crippen LogP contribution is -2.14. The molecule has 0 aromatic heterocycles. The van der Waals surface area contributed by atoms with Crippen LogP contribution in [0.25, 0.3) is 0 Å². The van der Waals surface area contributed by atoms with Gasteiger partial charge in [-0.3, -0.25) is 4.79 Å². The van der Waals surface area contributed by atoms with Gasteiger partial charge in [0.1, 0.15) is 5.75 Å². The number of halogens is 1. The molecule has 0 aliphatic rings. The van der Waals surface area contributed by atoms with Crippen molar-refractivity contribution in [3.8, 4) is 5.75 Å². The van der Waals surface area contributed by atoms with E-state index >= 15 is 0 Å². The average Bonchev–Trinajstić information content (AvgIpc) is 2.43. The standard InChI is InChI=1S/C16H16BrNO2/c1-10-4-5-11(2)13(8-10)16(19)18-15-9-12(20-3)6-7-14(15)17/h4-9H,1-3H3,(H,18,19). The van der Waals surface area contributed by atoms with Crippen molar-refractivity contribution in [2.24, 2.45) is 0 Å². The number of hydrogen-bond acceptors (Lipinski definition) is 2. The highest BCUT2D eigenvalue weighted by Gasteiger charge is 2.11. The number of ether oxygens (including phenoxy) is 1. The summed E-state index contributed by atoms with van der Waals surface area (Å²) in [7, 11) is 1.60. The van der Waals surface area contributed by atoms with Gasteiger partial charge in [0.15, 0.2) is 0 Å². The maximum absolute atomic E-state index is 12.4. The van der Waals surface area contributed by atoms with Crippen molar-refractivity contribution in [2.75, 3.05) is 12.4 Å². The molecule has 2 aromatic carbocycles. The molecule has 2 rings (SSSR count). The smallest absolute Gasteiger partial charge is 0.255 e. The fourth-order valence-electron chi connectivity index (χ4n) is 1.90. The predicted octanol–water partition coefficient (Wildman–Crippen LogP) is 4.33. The van der Waals surface area contributed by atoms with E-state index in [1.165, 1.54) is 0 Å². The molecule has 0 saturated carbocycles. The average molecular weight is 334 g/mol. The van der Waals surface area contributed by atoms with E-state index in [4.69, 9.17) is 4.74 Å². The molecule has 2 aromatic rings. The van der Waals surface area contributed by atoms with Crippen LogP contribution < -0.4 is 10.1 Å². The maximum atomic E-state index is 12.4. The lowest BCUT2D eigenvalue weighted by molar-refractivity contribution is 0.102. The fourth-order valence-corrected chi connectivity index (χ4v) is 2.24. The lowest BCUT2D eigenvalue weighted by atomic mass is 10.1. The Kier molecular flexibility index (Phi) is 4.45. The van der Waals surface area contributed by atoms with Crippen LogP contribution in [0, 0.1) is 13.8 Å². The molecule has 0 radical (unpaired) electrons. The summed E-state index contributed by atoms with van der Waals surface area (Å²) in [6.45, 7) is 3.90. The molecule has 0 saturated heterocycles. The molecule has 4 heteroatoms. The number of carbonyl (C=O) groups is 1. The molecule has 0 bridgehead atoms. The summed E-state index contributed by atoms with van der Waals surface area (Å²) in [6.07, 6.45) is 0. The van der Waals surface area contributed by atoms with E-state index in [-0.39, 0.29) is 5.91 Å². The zero-order chi connectivity index (χ0) is 14.7. The maximum Gasteiger partial charge on any atom is 0.255 e. The monoisotopic (exact) mass is 333 g/mol. The van der Waals surface area contributed by atoms with Crippen LogP contribution in [0.2, 0.25) is 0 Å². The molecular weight excluding hydrogens is 318 g/mol. The molecule has 0 aliphatic heterocycles. The third-order valence-corrected chi connectivity index (χ3v) is 3.75. The molecule has 20 heavy (non-hydrogen) atoms. The summed E-state index contributed by atoms with van der Waals surface area (Å²) in [6, 6.07) is 11.3. The summed E-state index contributed by atoms with van der Waals surface area (Å²) in [5.74, 6) is 0.574. The molecule has 0 atom stereocenters. The van der Waals surface area contributed by atoms with Gasteiger partial charge < -0.3 is 10.1 Å². The molecule has 104 valence electrons. The topological polar surface area (TPSA) is 38.3 Å². The van der Waals surface area contributed by atoms with E-state index in [0.717, 1.165) is 15.6 Å². The summed E-state index contributed by atoms with van der Waals surface area (Å²) in [5, 5.41) is 2.90. The molecule has 3 nitrogen and oxygen atoms in total. The van der Waals surface area contributed by atoms with Crippen LogP contribution in [0.5, 0.6) is 5.75 Å². The van der Waals surface area contributed by atoms with Gasteiger partial charge in [0.25, 0.3) is 5.91 Å². The Morgan fingerprint density at radius 3 is 2.60 bits per heavy atom. The zero-order valence-electron chi connectivity index (χ0n) is 11.7. The van der Waals surface area contributed by atoms with Gasteiger partial charge in [0, 0.05) is 16.1 Å². The largest absolute Gasteiger partial charge is 0.497 e. The number of benzene rings is 2. The Bertz CT molecular complexity index is 653. The zero-order valence-corrected chi connectivity index (χ0v) is 13.2. The van der Waals surface area contributed by atoms with Crippen LogP contribution in [-0.2, 0) is 0 Å². The number of aryl methyl sites for hydroxylation is 2. The van der Waals surface area contributed by atoms with Gasteiger partial charge in [-0.15, -0.1) is 0 Å². The highest BCUT2D eigenvalue weighted by atomic mass is 79.9. The first-order valence-electron chi connectivity index (χ1n) is 6.23. The summed E-state index contributed by atoms with van der Waals surface area (Å²) < 4.78 is 5.98. The van der Waals surface area contributed by atoms with Crippen LogP contribution >= 0.6 is 15.9 Å². The number of amides is 1. The van der Waals surface area contributed by atoms with Crippen LogP contribution in [-0.4, -0.2) is 13.0 Å². The van der Waals surface area contributed by atoms with Crippen LogP contribution in [0.15, 0.2) is 40.9 Å². The molecule has 1 amide bonds. The second-order valence-electron chi connectivity index (χ2n) is 4.62. The van der Waals surface area contributed by atoms with Gasteiger partial charge in [-0.1, -0.05) is 17.7 Å². The Balaban J connectivity index is 2.30. The molecule has 0 unspecified atom stereocenters. The highest BCUT2D eigenvalue weighted by molar-refractivity contribution is 9.10. The summed E-state index contributed by atoms with van der Waals surface area (Å²) >= 11 is 3.42. The number of anilines is 1. The van der Waals surface area contributed by atoms with Crippen molar-refractivity contribution < 1.29 is 9.53 Å². The van der Waals surface area contributed by atoms with E-state index in [9.17, 15) is 4.79 Å². The Labute approximate surface area is 127 Å². The Hall–Kier alpha value is -1.81. The van der Waals surface area contributed by atoms with Gasteiger partial charge in [0.05, 0.1) is 12.8 Å². The Morgan fingerprint density at radius 2 is 1.90 bits per heavy atom. The molecule has 0 spiro atoms. The van der Waals surface area contributed by atoms with E-state index in [1.54, 1.807) is 13.2 Å². The number of carbonyl (C=O) groups excluding carboxylic acids is 1. The number of nitrogens with one attached hydrogen (secondary N) is 1. The second kappa shape index (κ2) is 6.09. The van der Waals surface area contributed by atoms with Crippen LogP contribution in [0.4, 0.5) is 5.69 Å². The summed E-state index contributed by atoms with van der Waals surface area (Å²) in [4.78, 5) is 12.4. The SMILES string of the molecule is COc1ccc(Br)c(NC(=O)c2cc(C)ccc2C)c1. The summed E-state index contributed by atoms with van der Waals surface area (Å²) in [5.41, 5.74) is 3.38. The highest BCUT2D eigenvalue weighted by Crippen LogP contribution is 2.27. The quantitative estimate of drug-likeness (QED) is 0.907. The normalized spacial score (nSPS) is 10.2. The Morgan fingerprint density at radius 1 is 1.15 bits per heavy atom. The number of rotatable bonds is 3. The van der Waals surface area contributed by atoms with Crippen molar-refractivity contribution in [3.05, 3.63) is 57.6 Å². The second-order valence-corrected chi connectivity index (χ2v) is 5.47. The fraction of sp³-hybridized carbons (Fsp3) is 0.188. The molecule has 0 aliphatic carbocycles. The van der Waals surface area contributed by atoms with E-state index < -0.39 is 0 Å². The van der Waals surface area contributed by atoms with Gasteiger partial charge in [-0.05, 0) is 53.5 Å². The minimum Gasteiger partial charge on any atom is -0.497 e. The van der Waals surface area contributed by atoms with Crippen LogP contribution in [0.3, 0.4) is 0 Å². The molecular formula is C16H16BrNO2. The first kappa shape index (κ1) is 14.6. The third kappa shape index (κ3) is 3.20. The van der Waals surface area contributed by atoms with Crippen LogP contribution in [0.1, 0.15) is 21.5 Å². The van der Waals surface area contributed by atoms with Gasteiger partial charge in [-0.2, -0.15) is 0 Å². The number of hydrogen-bond donors (Lipinski definition) is 1. The van der Waals surface area contributed by atoms with Crippen molar-refractivity contribution in [1.82, 2.24) is 0 Å². The van der Waals surface area contributed by atoms with Crippen molar-refractivity contribution in [1.29, 1.82) is 0 Å². The molecule has 1 N–H and O–H groups in total. The van der Waals surface area contributed by atoms with E-state index in [2.05, 4.69) is 21.2 Å². The lowest BCUT2D eigenvalue weighted by Gasteiger charge is -2.11. The van der Waals surface area contributed by atoms with Crippen molar-refractivity contribution in [2.45, 2.75) is 13.8 Å². The van der Waals surface area contributed by atoms with E-state index in [0.29, 0.717) is 17.0 Å². The number of methoxy groups -OCH3 is 1. The van der Waals surface area contributed by atoms with Gasteiger partial charge in [0.2, 0.25) is 0 Å². The van der Waals surface area contributed by atoms with Gasteiger partial charge >= 0.3 is 0 Å². The third-order valence-electron chi connectivity index (χ3n) is 3.06. The van der Waals surface area contributed by atoms with Crippen molar-refractivity contribution >= 4 is 27.5 Å². The van der Waals surface area contributed by atoms with Gasteiger partial charge in [-0.25, -0.2) is 0 Å². The first-order chi connectivity index (χ1) is 9.51. The first-order valence-corrected chi connectivity index (χ1v) is 7.02. The predicted molar refractivity (Wildman–Crippen MR) is 84.6 cm³/mol. The minimum absolute atomic E-state index is 0.125. The molecule has 0 fully saturated rings. The van der Waals surface area contributed by atoms with E-state index in [1.807, 2.05) is 44.2 Å². The molecule has 0 heterocycles. The van der Waals surface area contributed by atoms with Crippen molar-refractivity contribution in [3.63, 3.8) is 0 Å². The minimum atomic E-state index is -0.125.